The molecule has 42 valence electrons. The summed E-state index contributed by atoms with van der Waals surface area (Å²) in [5.74, 6) is 0. The lowest BCUT2D eigenvalue weighted by Crippen LogP contribution is -2.02. The van der Waals surface area contributed by atoms with Crippen molar-refractivity contribution in [3.63, 3.8) is 0 Å². The first-order chi connectivity index (χ1) is 3.21. The molecule has 0 heterocycles. The molecule has 0 atom stereocenters. The molecule has 0 spiro atoms. The van der Waals surface area contributed by atoms with Gasteiger partial charge in [0.2, 0.25) is 0 Å². The van der Waals surface area contributed by atoms with Gasteiger partial charge in [0.05, 0.1) is 4.21 Å². The standard InChI is InChI=1S/C5H9ClS/c6-5(7)3-1-2-4-5/h7H,1-4H2. The van der Waals surface area contributed by atoms with Crippen molar-refractivity contribution in [1.29, 1.82) is 0 Å². The van der Waals surface area contributed by atoms with E-state index in [-0.39, 0.29) is 4.21 Å². The quantitative estimate of drug-likeness (QED) is 0.384. The Morgan fingerprint density at radius 1 is 1.29 bits per heavy atom. The molecule has 1 saturated carbocycles. The second kappa shape index (κ2) is 1.87. The van der Waals surface area contributed by atoms with Crippen molar-refractivity contribution in [2.75, 3.05) is 0 Å². The highest BCUT2D eigenvalue weighted by Gasteiger charge is 2.25. The highest BCUT2D eigenvalue weighted by molar-refractivity contribution is 7.83. The summed E-state index contributed by atoms with van der Waals surface area (Å²) >= 11 is 10.0. The van der Waals surface area contributed by atoms with E-state index >= 15 is 0 Å². The number of hydrogen-bond acceptors (Lipinski definition) is 1. The Hall–Kier alpha value is 0.640. The van der Waals surface area contributed by atoms with E-state index in [1.165, 1.54) is 12.8 Å². The van der Waals surface area contributed by atoms with Crippen LogP contribution in [0.1, 0.15) is 25.7 Å². The van der Waals surface area contributed by atoms with Gasteiger partial charge in [-0.2, -0.15) is 12.6 Å². The number of halogens is 1. The summed E-state index contributed by atoms with van der Waals surface area (Å²) in [6, 6.07) is 0. The Bertz CT molecular complexity index is 62.5. The smallest absolute Gasteiger partial charge is 0.0867 e. The van der Waals surface area contributed by atoms with Crippen LogP contribution in [0, 0.1) is 0 Å². The predicted octanol–water partition coefficient (Wildman–Crippen LogP) is 2.43. The fraction of sp³-hybridized carbons (Fsp3) is 1.00. The summed E-state index contributed by atoms with van der Waals surface area (Å²) < 4.78 is -0.139. The van der Waals surface area contributed by atoms with Crippen LogP contribution in [0.4, 0.5) is 0 Å². The molecule has 0 N–H and O–H groups in total. The average molecular weight is 137 g/mol. The number of thiol groups is 1. The lowest BCUT2D eigenvalue weighted by Gasteiger charge is -2.09. The minimum absolute atomic E-state index is 0.139. The molecule has 0 bridgehead atoms. The molecule has 0 aromatic carbocycles. The Labute approximate surface area is 54.7 Å². The third kappa shape index (κ3) is 1.54. The highest BCUT2D eigenvalue weighted by atomic mass is 35.5. The molecule has 0 aromatic rings. The minimum atomic E-state index is -0.139. The van der Waals surface area contributed by atoms with E-state index in [1.807, 2.05) is 0 Å². The topological polar surface area (TPSA) is 0 Å². The van der Waals surface area contributed by atoms with Gasteiger partial charge in [-0.1, -0.05) is 12.8 Å². The zero-order valence-electron chi connectivity index (χ0n) is 4.15. The zero-order chi connectivity index (χ0) is 5.33. The molecule has 1 fully saturated rings. The molecular formula is C5H9ClS. The second-order valence-corrected chi connectivity index (χ2v) is 3.97. The second-order valence-electron chi connectivity index (χ2n) is 2.13. The van der Waals surface area contributed by atoms with Crippen molar-refractivity contribution in [2.45, 2.75) is 29.9 Å². The molecule has 0 radical (unpaired) electrons. The summed E-state index contributed by atoms with van der Waals surface area (Å²) in [6.07, 6.45) is 4.68. The number of rotatable bonds is 0. The molecule has 7 heavy (non-hydrogen) atoms. The summed E-state index contributed by atoms with van der Waals surface area (Å²) in [5.41, 5.74) is 0. The predicted molar refractivity (Wildman–Crippen MR) is 36.0 cm³/mol. The maximum Gasteiger partial charge on any atom is 0.0867 e. The van der Waals surface area contributed by atoms with Crippen molar-refractivity contribution in [1.82, 2.24) is 0 Å². The molecule has 0 unspecified atom stereocenters. The maximum atomic E-state index is 5.83. The summed E-state index contributed by atoms with van der Waals surface area (Å²) in [5, 5.41) is 0. The molecule has 0 nitrogen and oxygen atoms in total. The normalized spacial score (nSPS) is 28.3. The third-order valence-corrected chi connectivity index (χ3v) is 2.19. The molecule has 1 aliphatic rings. The molecule has 2 heteroatoms. The van der Waals surface area contributed by atoms with Gasteiger partial charge in [-0.25, -0.2) is 0 Å². The minimum Gasteiger partial charge on any atom is -0.156 e. The molecule has 0 saturated heterocycles. The van der Waals surface area contributed by atoms with Crippen molar-refractivity contribution in [2.24, 2.45) is 0 Å². The zero-order valence-corrected chi connectivity index (χ0v) is 5.80. The molecule has 0 aromatic heterocycles. The third-order valence-electron chi connectivity index (χ3n) is 1.37. The number of alkyl halides is 1. The fourth-order valence-electron chi connectivity index (χ4n) is 0.917. The van der Waals surface area contributed by atoms with Crippen LogP contribution in [-0.2, 0) is 0 Å². The van der Waals surface area contributed by atoms with Crippen LogP contribution in [0.25, 0.3) is 0 Å². The van der Waals surface area contributed by atoms with Crippen molar-refractivity contribution < 1.29 is 0 Å². The van der Waals surface area contributed by atoms with Crippen LogP contribution in [0.15, 0.2) is 0 Å². The van der Waals surface area contributed by atoms with Gasteiger partial charge in [0.15, 0.2) is 0 Å². The van der Waals surface area contributed by atoms with Crippen molar-refractivity contribution in [3.8, 4) is 0 Å². The van der Waals surface area contributed by atoms with Gasteiger partial charge in [-0.05, 0) is 12.8 Å². The lowest BCUT2D eigenvalue weighted by molar-refractivity contribution is 0.837. The number of hydrogen-bond donors (Lipinski definition) is 1. The van der Waals surface area contributed by atoms with Gasteiger partial charge >= 0.3 is 0 Å². The van der Waals surface area contributed by atoms with E-state index in [4.69, 9.17) is 11.6 Å². The van der Waals surface area contributed by atoms with Crippen LogP contribution in [0.2, 0.25) is 0 Å². The fourth-order valence-corrected chi connectivity index (χ4v) is 1.50. The average Bonchev–Trinajstić information content (AvgIpc) is 1.84. The van der Waals surface area contributed by atoms with E-state index in [1.54, 1.807) is 0 Å². The highest BCUT2D eigenvalue weighted by Crippen LogP contribution is 2.38. The summed E-state index contributed by atoms with van der Waals surface area (Å²) in [7, 11) is 0. The largest absolute Gasteiger partial charge is 0.156 e. The Balaban J connectivity index is 2.40. The molecular weight excluding hydrogens is 128 g/mol. The van der Waals surface area contributed by atoms with Gasteiger partial charge in [0, 0.05) is 0 Å². The van der Waals surface area contributed by atoms with E-state index < -0.39 is 0 Å². The first kappa shape index (κ1) is 5.77. The monoisotopic (exact) mass is 136 g/mol. The van der Waals surface area contributed by atoms with Crippen molar-refractivity contribution in [3.05, 3.63) is 0 Å². The first-order valence-corrected chi connectivity index (χ1v) is 3.44. The van der Waals surface area contributed by atoms with E-state index in [0.29, 0.717) is 0 Å². The van der Waals surface area contributed by atoms with Crippen LogP contribution in [0.3, 0.4) is 0 Å². The summed E-state index contributed by atoms with van der Waals surface area (Å²) in [6.45, 7) is 0. The molecule has 1 rings (SSSR count). The molecule has 0 amide bonds. The van der Waals surface area contributed by atoms with Crippen molar-refractivity contribution >= 4 is 24.2 Å². The van der Waals surface area contributed by atoms with Crippen LogP contribution < -0.4 is 0 Å². The van der Waals surface area contributed by atoms with E-state index in [9.17, 15) is 0 Å². The lowest BCUT2D eigenvalue weighted by atomic mass is 10.4. The van der Waals surface area contributed by atoms with Gasteiger partial charge in [0.25, 0.3) is 0 Å². The van der Waals surface area contributed by atoms with Gasteiger partial charge in [-0.3, -0.25) is 0 Å². The Morgan fingerprint density at radius 2 is 1.71 bits per heavy atom. The van der Waals surface area contributed by atoms with Gasteiger partial charge in [-0.15, -0.1) is 11.6 Å². The molecule has 0 aliphatic heterocycles. The molecule has 1 aliphatic carbocycles. The van der Waals surface area contributed by atoms with Crippen LogP contribution in [0.5, 0.6) is 0 Å². The Morgan fingerprint density at radius 3 is 1.86 bits per heavy atom. The van der Waals surface area contributed by atoms with E-state index in [0.717, 1.165) is 12.8 Å². The van der Waals surface area contributed by atoms with Gasteiger partial charge in [0.1, 0.15) is 0 Å². The first-order valence-electron chi connectivity index (χ1n) is 2.62. The maximum absolute atomic E-state index is 5.83. The van der Waals surface area contributed by atoms with E-state index in [2.05, 4.69) is 12.6 Å². The Kier molecular flexibility index (Phi) is 1.54. The van der Waals surface area contributed by atoms with Crippen LogP contribution in [-0.4, -0.2) is 4.21 Å². The summed E-state index contributed by atoms with van der Waals surface area (Å²) in [4.78, 5) is 0. The van der Waals surface area contributed by atoms with Gasteiger partial charge < -0.3 is 0 Å². The van der Waals surface area contributed by atoms with Crippen LogP contribution >= 0.6 is 24.2 Å². The SMILES string of the molecule is SC1(Cl)CCCC1.